The molecule has 1 rings (SSSR count). The van der Waals surface area contributed by atoms with E-state index in [-0.39, 0.29) is 25.6 Å². The predicted molar refractivity (Wildman–Crippen MR) is 30.3 cm³/mol. The van der Waals surface area contributed by atoms with Gasteiger partial charge in [0.15, 0.2) is 6.17 Å². The minimum absolute atomic E-state index is 0.123. The molecule has 0 aliphatic carbocycles. The van der Waals surface area contributed by atoms with E-state index in [1.165, 1.54) is 0 Å². The van der Waals surface area contributed by atoms with Gasteiger partial charge in [0.2, 0.25) is 0 Å². The summed E-state index contributed by atoms with van der Waals surface area (Å²) in [6, 6.07) is 0. The number of ether oxygens (including phenoxy) is 1. The molecule has 5 heteroatoms. The average molecular weight is 148 g/mol. The number of rotatable bonds is 1. The van der Waals surface area contributed by atoms with Crippen molar-refractivity contribution in [2.45, 2.75) is 19.1 Å². The topological polar surface area (TPSA) is 52.4 Å². The first-order valence-corrected chi connectivity index (χ1v) is 2.95. The molecule has 0 spiro atoms. The lowest BCUT2D eigenvalue weighted by atomic mass is 10.1. The molecule has 0 aromatic rings. The molecule has 0 bridgehead atoms. The van der Waals surface area contributed by atoms with E-state index in [1.54, 1.807) is 0 Å². The molecular weight excluding hydrogens is 141 g/mol. The van der Waals surface area contributed by atoms with Gasteiger partial charge in [-0.2, -0.15) is 0 Å². The molecule has 0 aromatic carbocycles. The summed E-state index contributed by atoms with van der Waals surface area (Å²) in [4.78, 5) is 9.39. The highest BCUT2D eigenvalue weighted by atomic mass is 19.1. The molecule has 1 heterocycles. The van der Waals surface area contributed by atoms with Gasteiger partial charge >= 0.3 is 6.23 Å². The smallest absolute Gasteiger partial charge is 0.317 e. The zero-order chi connectivity index (χ0) is 7.56. The van der Waals surface area contributed by atoms with Crippen molar-refractivity contribution in [1.82, 2.24) is 0 Å². The first kappa shape index (κ1) is 7.40. The summed E-state index contributed by atoms with van der Waals surface area (Å²) in [5.41, 5.74) is 0. The Kier molecular flexibility index (Phi) is 2.16. The van der Waals surface area contributed by atoms with Gasteiger partial charge in [0.1, 0.15) is 0 Å². The van der Waals surface area contributed by atoms with E-state index in [1.807, 2.05) is 0 Å². The van der Waals surface area contributed by atoms with Crippen molar-refractivity contribution in [2.75, 3.05) is 6.61 Å². The fourth-order valence-corrected chi connectivity index (χ4v) is 0.792. The standard InChI is InChI=1S/C5H7FNO3/c6-4-1-2-10-5(3-4)7(8)9/h5H,1-3H2. The second kappa shape index (κ2) is 2.92. The summed E-state index contributed by atoms with van der Waals surface area (Å²) in [6.07, 6.45) is -1.49. The number of nitro groups is 1. The molecule has 10 heavy (non-hydrogen) atoms. The molecule has 1 unspecified atom stereocenters. The lowest BCUT2D eigenvalue weighted by Gasteiger charge is -2.17. The molecule has 57 valence electrons. The third kappa shape index (κ3) is 1.63. The Labute approximate surface area is 57.1 Å². The van der Waals surface area contributed by atoms with Crippen molar-refractivity contribution in [1.29, 1.82) is 0 Å². The van der Waals surface area contributed by atoms with Gasteiger partial charge in [0.05, 0.1) is 18.0 Å². The van der Waals surface area contributed by atoms with Gasteiger partial charge in [-0.05, 0) is 0 Å². The summed E-state index contributed by atoms with van der Waals surface area (Å²) in [5.74, 6) is 0. The molecule has 1 saturated heterocycles. The fraction of sp³-hybridized carbons (Fsp3) is 0.800. The van der Waals surface area contributed by atoms with Gasteiger partial charge < -0.3 is 4.74 Å². The van der Waals surface area contributed by atoms with Crippen molar-refractivity contribution < 1.29 is 14.1 Å². The van der Waals surface area contributed by atoms with Crippen LogP contribution in [0.2, 0.25) is 0 Å². The van der Waals surface area contributed by atoms with Gasteiger partial charge in [-0.25, -0.2) is 4.39 Å². The summed E-state index contributed by atoms with van der Waals surface area (Å²) in [7, 11) is 0. The molecule has 0 aromatic heterocycles. The maximum absolute atomic E-state index is 12.3. The van der Waals surface area contributed by atoms with Crippen molar-refractivity contribution in [3.8, 4) is 0 Å². The number of nitrogens with zero attached hydrogens (tertiary/aromatic N) is 1. The highest BCUT2D eigenvalue weighted by Gasteiger charge is 2.30. The normalized spacial score (nSPS) is 28.3. The van der Waals surface area contributed by atoms with Crippen LogP contribution in [0.5, 0.6) is 0 Å². The van der Waals surface area contributed by atoms with Gasteiger partial charge in [0.25, 0.3) is 0 Å². The molecule has 1 atom stereocenters. The highest BCUT2D eigenvalue weighted by molar-refractivity contribution is 4.80. The van der Waals surface area contributed by atoms with E-state index in [0.29, 0.717) is 0 Å². The van der Waals surface area contributed by atoms with Crippen LogP contribution in [-0.2, 0) is 4.74 Å². The maximum atomic E-state index is 12.3. The SMILES string of the molecule is O=[N+]([O-])C1C[C](F)CCO1. The summed E-state index contributed by atoms with van der Waals surface area (Å²) >= 11 is 0. The largest absolute Gasteiger partial charge is 0.318 e. The second-order valence-corrected chi connectivity index (χ2v) is 2.08. The summed E-state index contributed by atoms with van der Waals surface area (Å²) in [6.45, 7) is 0.123. The first-order chi connectivity index (χ1) is 4.70. The quantitative estimate of drug-likeness (QED) is 0.410. The van der Waals surface area contributed by atoms with Gasteiger partial charge in [-0.1, -0.05) is 0 Å². The second-order valence-electron chi connectivity index (χ2n) is 2.08. The Balaban J connectivity index is 2.39. The van der Waals surface area contributed by atoms with Gasteiger partial charge in [-0.3, -0.25) is 10.1 Å². The summed E-state index contributed by atoms with van der Waals surface area (Å²) < 4.78 is 17.0. The third-order valence-electron chi connectivity index (χ3n) is 1.31. The molecule has 1 radical (unpaired) electrons. The van der Waals surface area contributed by atoms with Crippen LogP contribution in [0, 0.1) is 16.3 Å². The van der Waals surface area contributed by atoms with Crippen LogP contribution in [0.1, 0.15) is 12.8 Å². The van der Waals surface area contributed by atoms with Crippen LogP contribution in [0.3, 0.4) is 0 Å². The Morgan fingerprint density at radius 3 is 2.90 bits per heavy atom. The van der Waals surface area contributed by atoms with E-state index in [0.717, 1.165) is 0 Å². The minimum atomic E-state index is -1.16. The van der Waals surface area contributed by atoms with Crippen molar-refractivity contribution in [3.63, 3.8) is 0 Å². The molecule has 1 aliphatic rings. The van der Waals surface area contributed by atoms with Crippen LogP contribution in [-0.4, -0.2) is 17.8 Å². The van der Waals surface area contributed by atoms with Crippen LogP contribution in [0.25, 0.3) is 0 Å². The first-order valence-electron chi connectivity index (χ1n) is 2.95. The molecule has 0 N–H and O–H groups in total. The van der Waals surface area contributed by atoms with E-state index in [4.69, 9.17) is 0 Å². The molecule has 1 fully saturated rings. The van der Waals surface area contributed by atoms with Crippen LogP contribution in [0.15, 0.2) is 0 Å². The zero-order valence-corrected chi connectivity index (χ0v) is 5.25. The van der Waals surface area contributed by atoms with Gasteiger partial charge in [-0.15, -0.1) is 0 Å². The van der Waals surface area contributed by atoms with Crippen LogP contribution in [0.4, 0.5) is 4.39 Å². The number of halogens is 1. The van der Waals surface area contributed by atoms with Gasteiger partial charge in [0, 0.05) is 6.42 Å². The molecule has 1 aliphatic heterocycles. The lowest BCUT2D eigenvalue weighted by molar-refractivity contribution is -0.579. The van der Waals surface area contributed by atoms with E-state index < -0.39 is 11.2 Å². The molecule has 0 saturated carbocycles. The Bertz CT molecular complexity index is 141. The van der Waals surface area contributed by atoms with Crippen molar-refractivity contribution in [2.24, 2.45) is 0 Å². The maximum Gasteiger partial charge on any atom is 0.318 e. The van der Waals surface area contributed by atoms with Crippen LogP contribution < -0.4 is 0 Å². The molecule has 4 nitrogen and oxygen atoms in total. The predicted octanol–water partition coefficient (Wildman–Crippen LogP) is 0.901. The highest BCUT2D eigenvalue weighted by Crippen LogP contribution is 2.22. The molecule has 0 amide bonds. The minimum Gasteiger partial charge on any atom is -0.317 e. The zero-order valence-electron chi connectivity index (χ0n) is 5.25. The van der Waals surface area contributed by atoms with Crippen molar-refractivity contribution in [3.05, 3.63) is 16.3 Å². The fourth-order valence-electron chi connectivity index (χ4n) is 0.792. The summed E-state index contributed by atoms with van der Waals surface area (Å²) in [5, 5.41) is 10.0. The van der Waals surface area contributed by atoms with E-state index in [9.17, 15) is 14.5 Å². The van der Waals surface area contributed by atoms with E-state index >= 15 is 0 Å². The Hall–Kier alpha value is -0.710. The van der Waals surface area contributed by atoms with E-state index in [2.05, 4.69) is 4.74 Å². The average Bonchev–Trinajstić information content (AvgIpc) is 1.88. The monoisotopic (exact) mass is 148 g/mol. The Morgan fingerprint density at radius 1 is 1.80 bits per heavy atom. The van der Waals surface area contributed by atoms with Crippen LogP contribution >= 0.6 is 0 Å². The Morgan fingerprint density at radius 2 is 2.50 bits per heavy atom. The third-order valence-corrected chi connectivity index (χ3v) is 1.31. The van der Waals surface area contributed by atoms with Crippen molar-refractivity contribution >= 4 is 0 Å². The number of hydrogen-bond donors (Lipinski definition) is 0. The number of hydrogen-bond acceptors (Lipinski definition) is 3. The lowest BCUT2D eigenvalue weighted by Crippen LogP contribution is -2.29. The molecular formula is C5H7FNO3.